The molecule has 0 aliphatic carbocycles. The zero-order chi connectivity index (χ0) is 13.0. The van der Waals surface area contributed by atoms with Crippen molar-refractivity contribution in [1.82, 2.24) is 0 Å². The van der Waals surface area contributed by atoms with E-state index >= 15 is 0 Å². The van der Waals surface area contributed by atoms with E-state index in [0.29, 0.717) is 5.69 Å². The predicted octanol–water partition coefficient (Wildman–Crippen LogP) is 3.05. The smallest absolute Gasteiger partial charge is 0.307 e. The predicted molar refractivity (Wildman–Crippen MR) is 72.8 cm³/mol. The summed E-state index contributed by atoms with van der Waals surface area (Å²) in [6, 6.07) is 15.1. The van der Waals surface area contributed by atoms with Crippen LogP contribution in [0.2, 0.25) is 0 Å². The molecule has 18 heavy (non-hydrogen) atoms. The summed E-state index contributed by atoms with van der Waals surface area (Å²) >= 11 is 1.49. The molecule has 4 heteroatoms. The Morgan fingerprint density at radius 3 is 2.50 bits per heavy atom. The number of carbonyl (C=O) groups is 1. The highest BCUT2D eigenvalue weighted by molar-refractivity contribution is 7.99. The summed E-state index contributed by atoms with van der Waals surface area (Å²) < 4.78 is 0. The van der Waals surface area contributed by atoms with Gasteiger partial charge >= 0.3 is 5.97 Å². The van der Waals surface area contributed by atoms with Gasteiger partial charge in [0, 0.05) is 15.5 Å². The lowest BCUT2D eigenvalue weighted by Crippen LogP contribution is -2.03. The fraction of sp³-hybridized carbons (Fsp3) is 0.0714. The average Bonchev–Trinajstić information content (AvgIpc) is 2.34. The molecule has 0 aliphatic heterocycles. The largest absolute Gasteiger partial charge is 0.481 e. The van der Waals surface area contributed by atoms with Gasteiger partial charge in [-0.3, -0.25) is 4.79 Å². The van der Waals surface area contributed by atoms with Gasteiger partial charge in [-0.15, -0.1) is 0 Å². The second-order valence-corrected chi connectivity index (χ2v) is 4.90. The zero-order valence-electron chi connectivity index (χ0n) is 9.67. The van der Waals surface area contributed by atoms with E-state index in [1.807, 2.05) is 30.3 Å². The fourth-order valence-electron chi connectivity index (χ4n) is 1.64. The molecule has 0 bridgehead atoms. The van der Waals surface area contributed by atoms with E-state index in [0.717, 1.165) is 15.4 Å². The van der Waals surface area contributed by atoms with Gasteiger partial charge in [-0.2, -0.15) is 0 Å². The standard InChI is InChI=1S/C14H13NO2S/c15-12-8-4-5-10(9-13(16)17)14(12)18-11-6-2-1-3-7-11/h1-8H,9,15H2,(H,16,17). The molecule has 0 aliphatic rings. The maximum absolute atomic E-state index is 10.8. The number of hydrogen-bond acceptors (Lipinski definition) is 3. The Morgan fingerprint density at radius 2 is 1.83 bits per heavy atom. The first-order chi connectivity index (χ1) is 8.66. The van der Waals surface area contributed by atoms with Gasteiger partial charge in [0.1, 0.15) is 0 Å². The third-order valence-corrected chi connectivity index (χ3v) is 3.64. The van der Waals surface area contributed by atoms with Gasteiger partial charge in [-0.25, -0.2) is 0 Å². The molecule has 3 N–H and O–H groups in total. The molecule has 0 fully saturated rings. The van der Waals surface area contributed by atoms with Crippen LogP contribution >= 0.6 is 11.8 Å². The minimum absolute atomic E-state index is 0.0137. The maximum Gasteiger partial charge on any atom is 0.307 e. The van der Waals surface area contributed by atoms with Gasteiger partial charge in [0.2, 0.25) is 0 Å². The van der Waals surface area contributed by atoms with Gasteiger partial charge in [0.15, 0.2) is 0 Å². The monoisotopic (exact) mass is 259 g/mol. The molecule has 92 valence electrons. The normalized spacial score (nSPS) is 10.2. The Labute approximate surface area is 110 Å². The molecule has 2 aromatic rings. The summed E-state index contributed by atoms with van der Waals surface area (Å²) in [6.45, 7) is 0. The van der Waals surface area contributed by atoms with Crippen molar-refractivity contribution in [2.45, 2.75) is 16.2 Å². The lowest BCUT2D eigenvalue weighted by atomic mass is 10.1. The minimum atomic E-state index is -0.851. The number of benzene rings is 2. The molecule has 0 unspecified atom stereocenters. The molecule has 0 atom stereocenters. The zero-order valence-corrected chi connectivity index (χ0v) is 10.5. The molecule has 0 saturated carbocycles. The highest BCUT2D eigenvalue weighted by atomic mass is 32.2. The Hall–Kier alpha value is -1.94. The van der Waals surface area contributed by atoms with Crippen molar-refractivity contribution in [3.63, 3.8) is 0 Å². The maximum atomic E-state index is 10.8. The Kier molecular flexibility index (Phi) is 3.89. The van der Waals surface area contributed by atoms with Crippen molar-refractivity contribution in [1.29, 1.82) is 0 Å². The molecule has 0 radical (unpaired) electrons. The van der Waals surface area contributed by atoms with Crippen LogP contribution in [0.25, 0.3) is 0 Å². The molecule has 0 spiro atoms. The summed E-state index contributed by atoms with van der Waals surface area (Å²) in [5, 5.41) is 8.90. The highest BCUT2D eigenvalue weighted by Crippen LogP contribution is 2.34. The number of nitrogen functional groups attached to an aromatic ring is 1. The summed E-state index contributed by atoms with van der Waals surface area (Å²) in [5.41, 5.74) is 7.29. The first kappa shape index (κ1) is 12.5. The van der Waals surface area contributed by atoms with E-state index in [-0.39, 0.29) is 6.42 Å². The Balaban J connectivity index is 2.34. The minimum Gasteiger partial charge on any atom is -0.481 e. The Morgan fingerprint density at radius 1 is 1.11 bits per heavy atom. The molecular formula is C14H13NO2S. The van der Waals surface area contributed by atoms with Crippen LogP contribution in [0.15, 0.2) is 58.3 Å². The van der Waals surface area contributed by atoms with E-state index in [2.05, 4.69) is 0 Å². The quantitative estimate of drug-likeness (QED) is 0.828. The lowest BCUT2D eigenvalue weighted by Gasteiger charge is -2.10. The van der Waals surface area contributed by atoms with Gasteiger partial charge < -0.3 is 10.8 Å². The number of aliphatic carboxylic acids is 1. The van der Waals surface area contributed by atoms with Crippen molar-refractivity contribution in [3.05, 3.63) is 54.1 Å². The van der Waals surface area contributed by atoms with Crippen LogP contribution in [-0.4, -0.2) is 11.1 Å². The van der Waals surface area contributed by atoms with Crippen LogP contribution < -0.4 is 5.73 Å². The lowest BCUT2D eigenvalue weighted by molar-refractivity contribution is -0.136. The first-order valence-electron chi connectivity index (χ1n) is 5.49. The summed E-state index contributed by atoms with van der Waals surface area (Å²) in [4.78, 5) is 12.7. The van der Waals surface area contributed by atoms with E-state index in [9.17, 15) is 4.79 Å². The van der Waals surface area contributed by atoms with Gasteiger partial charge in [-0.1, -0.05) is 42.1 Å². The van der Waals surface area contributed by atoms with Crippen LogP contribution in [0.5, 0.6) is 0 Å². The number of rotatable bonds is 4. The van der Waals surface area contributed by atoms with Gasteiger partial charge in [-0.05, 0) is 23.8 Å². The first-order valence-corrected chi connectivity index (χ1v) is 6.30. The van der Waals surface area contributed by atoms with Crippen molar-refractivity contribution < 1.29 is 9.90 Å². The number of anilines is 1. The summed E-state index contributed by atoms with van der Waals surface area (Å²) in [6.07, 6.45) is -0.0137. The fourth-order valence-corrected chi connectivity index (χ4v) is 2.62. The van der Waals surface area contributed by atoms with Gasteiger partial charge in [0.05, 0.1) is 6.42 Å². The van der Waals surface area contributed by atoms with Crippen molar-refractivity contribution in [2.75, 3.05) is 5.73 Å². The molecule has 0 saturated heterocycles. The number of carboxylic acids is 1. The van der Waals surface area contributed by atoms with Crippen LogP contribution in [0, 0.1) is 0 Å². The second-order valence-electron chi connectivity index (χ2n) is 3.82. The van der Waals surface area contributed by atoms with Crippen LogP contribution in [-0.2, 0) is 11.2 Å². The average molecular weight is 259 g/mol. The third kappa shape index (κ3) is 3.05. The van der Waals surface area contributed by atoms with Crippen LogP contribution in [0.1, 0.15) is 5.56 Å². The SMILES string of the molecule is Nc1cccc(CC(=O)O)c1Sc1ccccc1. The third-order valence-electron chi connectivity index (χ3n) is 2.43. The summed E-state index contributed by atoms with van der Waals surface area (Å²) in [7, 11) is 0. The van der Waals surface area contributed by atoms with Crippen molar-refractivity contribution >= 4 is 23.4 Å². The van der Waals surface area contributed by atoms with Crippen LogP contribution in [0.4, 0.5) is 5.69 Å². The van der Waals surface area contributed by atoms with Gasteiger partial charge in [0.25, 0.3) is 0 Å². The number of carboxylic acid groups (broad SMARTS) is 1. The summed E-state index contributed by atoms with van der Waals surface area (Å²) in [5.74, 6) is -0.851. The second kappa shape index (κ2) is 5.60. The van der Waals surface area contributed by atoms with Crippen LogP contribution in [0.3, 0.4) is 0 Å². The molecule has 0 amide bonds. The van der Waals surface area contributed by atoms with E-state index < -0.39 is 5.97 Å². The molecule has 2 aromatic carbocycles. The van der Waals surface area contributed by atoms with Crippen molar-refractivity contribution in [2.24, 2.45) is 0 Å². The molecule has 0 aromatic heterocycles. The van der Waals surface area contributed by atoms with E-state index in [1.165, 1.54) is 11.8 Å². The molecule has 3 nitrogen and oxygen atoms in total. The topological polar surface area (TPSA) is 63.3 Å². The highest BCUT2D eigenvalue weighted by Gasteiger charge is 2.10. The molecule has 2 rings (SSSR count). The van der Waals surface area contributed by atoms with E-state index in [4.69, 9.17) is 10.8 Å². The number of hydrogen-bond donors (Lipinski definition) is 2. The van der Waals surface area contributed by atoms with Crippen molar-refractivity contribution in [3.8, 4) is 0 Å². The van der Waals surface area contributed by atoms with E-state index in [1.54, 1.807) is 18.2 Å². The number of nitrogens with two attached hydrogens (primary N) is 1. The Bertz CT molecular complexity index is 555. The molecule has 0 heterocycles. The molecular weight excluding hydrogens is 246 g/mol.